The predicted molar refractivity (Wildman–Crippen MR) is 275 cm³/mol. The van der Waals surface area contributed by atoms with Crippen LogP contribution in [0.25, 0.3) is 0 Å². The minimum atomic E-state index is -4.41. The summed E-state index contributed by atoms with van der Waals surface area (Å²) in [5.74, 6) is -0.910. The second-order valence-electron chi connectivity index (χ2n) is 16.3. The van der Waals surface area contributed by atoms with Crippen LogP contribution in [0.3, 0.4) is 0 Å². The first kappa shape index (κ1) is 61.7. The van der Waals surface area contributed by atoms with Crippen molar-refractivity contribution >= 4 is 19.8 Å². The second-order valence-corrected chi connectivity index (χ2v) is 17.8. The van der Waals surface area contributed by atoms with E-state index in [1.165, 1.54) is 70.6 Å². The number of hydrogen-bond acceptors (Lipinski definition) is 8. The number of phosphoric ester groups is 1. The minimum absolute atomic E-state index is 0.0375. The zero-order chi connectivity index (χ0) is 47.4. The van der Waals surface area contributed by atoms with Crippen molar-refractivity contribution in [1.82, 2.24) is 0 Å². The first-order chi connectivity index (χ1) is 31.8. The summed E-state index contributed by atoms with van der Waals surface area (Å²) in [6.07, 6.45) is 67.0. The van der Waals surface area contributed by atoms with Crippen LogP contribution in [0.1, 0.15) is 194 Å². The highest BCUT2D eigenvalue weighted by Gasteiger charge is 2.26. The average molecular weight is 926 g/mol. The number of ether oxygens (including phenoxy) is 2. The van der Waals surface area contributed by atoms with Crippen molar-refractivity contribution < 1.29 is 37.6 Å². The van der Waals surface area contributed by atoms with Crippen molar-refractivity contribution in [3.05, 3.63) is 109 Å². The summed E-state index contributed by atoms with van der Waals surface area (Å²) in [6.45, 7) is 3.53. The number of carbonyl (C=O) groups is 2. The van der Waals surface area contributed by atoms with E-state index < -0.39 is 32.5 Å². The number of esters is 2. The molecular weight excluding hydrogens is 834 g/mol. The quantitative estimate of drug-likeness (QED) is 0.0265. The third-order valence-electron chi connectivity index (χ3n) is 10.1. The molecule has 65 heavy (non-hydrogen) atoms. The molecule has 9 nitrogen and oxygen atoms in total. The van der Waals surface area contributed by atoms with Crippen LogP contribution in [0.2, 0.25) is 0 Å². The summed E-state index contributed by atoms with van der Waals surface area (Å²) in [4.78, 5) is 35.0. The fourth-order valence-corrected chi connectivity index (χ4v) is 7.18. The van der Waals surface area contributed by atoms with Crippen molar-refractivity contribution in [3.8, 4) is 0 Å². The molecule has 0 saturated heterocycles. The smallest absolute Gasteiger partial charge is 0.462 e. The maximum atomic E-state index is 12.6. The van der Waals surface area contributed by atoms with Crippen molar-refractivity contribution in [2.75, 3.05) is 26.4 Å². The highest BCUT2D eigenvalue weighted by Crippen LogP contribution is 2.43. The van der Waals surface area contributed by atoms with Gasteiger partial charge in [-0.3, -0.25) is 18.6 Å². The molecule has 0 aliphatic rings. The van der Waals surface area contributed by atoms with Crippen LogP contribution in [-0.2, 0) is 32.7 Å². The van der Waals surface area contributed by atoms with Gasteiger partial charge >= 0.3 is 19.8 Å². The van der Waals surface area contributed by atoms with Gasteiger partial charge in [-0.15, -0.1) is 0 Å². The molecule has 370 valence electrons. The van der Waals surface area contributed by atoms with Gasteiger partial charge in [-0.25, -0.2) is 4.57 Å². The van der Waals surface area contributed by atoms with E-state index in [9.17, 15) is 19.0 Å². The number of nitrogens with two attached hydrogens (primary N) is 1. The Labute approximate surface area is 397 Å². The third kappa shape index (κ3) is 49.9. The first-order valence-corrected chi connectivity index (χ1v) is 26.9. The standard InChI is InChI=1S/C55H92NO8P/c1-3-5-7-9-11-13-15-17-19-21-23-25-26-28-30-32-34-36-38-40-42-44-46-48-55(58)64-53(52-63-65(59,60)62-50-49-56)51-61-54(57)47-45-43-41-39-37-35-33-31-29-27-24-22-20-18-16-14-12-10-8-6-4-2/h5,7,11,13,16-19,22-25,28,30,34,36,40,42,53H,3-4,6,8-10,12,14-15,20-21,26-27,29,31-33,35,37-39,41,43-52,56H2,1-2H3,(H,59,60)/b7-5-,13-11-,18-16-,19-17-,24-22-,25-23-,30-28-,36-34-,42-40-. The van der Waals surface area contributed by atoms with E-state index in [1.54, 1.807) is 0 Å². The van der Waals surface area contributed by atoms with E-state index >= 15 is 0 Å². The van der Waals surface area contributed by atoms with Gasteiger partial charge in [0.2, 0.25) is 0 Å². The van der Waals surface area contributed by atoms with E-state index in [0.29, 0.717) is 19.3 Å². The van der Waals surface area contributed by atoms with Crippen molar-refractivity contribution in [2.45, 2.75) is 200 Å². The Morgan fingerprint density at radius 2 is 0.862 bits per heavy atom. The Hall–Kier alpha value is -3.33. The molecule has 0 aromatic carbocycles. The van der Waals surface area contributed by atoms with Crippen LogP contribution < -0.4 is 5.73 Å². The van der Waals surface area contributed by atoms with E-state index in [-0.39, 0.29) is 32.6 Å². The molecular formula is C55H92NO8P. The summed E-state index contributed by atoms with van der Waals surface area (Å²) in [6, 6.07) is 0. The van der Waals surface area contributed by atoms with E-state index in [2.05, 4.69) is 117 Å². The molecule has 0 spiro atoms. The van der Waals surface area contributed by atoms with Crippen molar-refractivity contribution in [1.29, 1.82) is 0 Å². The Kier molecular flexibility index (Phi) is 47.5. The minimum Gasteiger partial charge on any atom is -0.462 e. The molecule has 0 aromatic rings. The van der Waals surface area contributed by atoms with Crippen LogP contribution in [0, 0.1) is 0 Å². The summed E-state index contributed by atoms with van der Waals surface area (Å²) >= 11 is 0. The maximum Gasteiger partial charge on any atom is 0.472 e. The molecule has 0 aliphatic heterocycles. The lowest BCUT2D eigenvalue weighted by Crippen LogP contribution is -2.29. The topological polar surface area (TPSA) is 134 Å². The molecule has 0 aromatic heterocycles. The van der Waals surface area contributed by atoms with Gasteiger partial charge in [0.15, 0.2) is 6.10 Å². The number of phosphoric acid groups is 1. The lowest BCUT2D eigenvalue weighted by molar-refractivity contribution is -0.161. The highest BCUT2D eigenvalue weighted by molar-refractivity contribution is 7.47. The monoisotopic (exact) mass is 926 g/mol. The van der Waals surface area contributed by atoms with Gasteiger partial charge in [0.05, 0.1) is 13.2 Å². The summed E-state index contributed by atoms with van der Waals surface area (Å²) in [7, 11) is -4.41. The summed E-state index contributed by atoms with van der Waals surface area (Å²) in [5, 5.41) is 0. The number of rotatable bonds is 46. The van der Waals surface area contributed by atoms with Gasteiger partial charge in [0.25, 0.3) is 0 Å². The van der Waals surface area contributed by atoms with Gasteiger partial charge in [-0.05, 0) is 96.3 Å². The van der Waals surface area contributed by atoms with Gasteiger partial charge < -0.3 is 20.1 Å². The number of allylic oxidation sites excluding steroid dienone is 18. The molecule has 0 fully saturated rings. The zero-order valence-corrected chi connectivity index (χ0v) is 41.8. The second kappa shape index (κ2) is 50.1. The summed E-state index contributed by atoms with van der Waals surface area (Å²) in [5.41, 5.74) is 5.36. The predicted octanol–water partition coefficient (Wildman–Crippen LogP) is 15.5. The molecule has 0 aliphatic carbocycles. The molecule has 2 unspecified atom stereocenters. The Bertz CT molecular complexity index is 1430. The maximum absolute atomic E-state index is 12.6. The lowest BCUT2D eigenvalue weighted by atomic mass is 10.1. The SMILES string of the molecule is CC/C=C\C/C=C\C/C=C\C/C=C\C/C=C\C/C=C\C/C=C\CCCC(=O)OC(COC(=O)CCCCCCCCCCC/C=C\C/C=C\CCCCCCC)COP(=O)(O)OCCN. The Morgan fingerprint density at radius 1 is 0.477 bits per heavy atom. The molecule has 0 radical (unpaired) electrons. The third-order valence-corrected chi connectivity index (χ3v) is 11.1. The normalized spacial score (nSPS) is 14.1. The molecule has 0 amide bonds. The average Bonchev–Trinajstić information content (AvgIpc) is 3.30. The first-order valence-electron chi connectivity index (χ1n) is 25.4. The molecule has 0 bridgehead atoms. The van der Waals surface area contributed by atoms with Crippen LogP contribution in [0.4, 0.5) is 0 Å². The molecule has 0 rings (SSSR count). The molecule has 0 heterocycles. The number of hydrogen-bond donors (Lipinski definition) is 2. The van der Waals surface area contributed by atoms with Gasteiger partial charge in [-0.2, -0.15) is 0 Å². The fraction of sp³-hybridized carbons (Fsp3) is 0.636. The molecule has 0 saturated carbocycles. The van der Waals surface area contributed by atoms with Gasteiger partial charge in [0.1, 0.15) is 6.61 Å². The van der Waals surface area contributed by atoms with Crippen molar-refractivity contribution in [2.24, 2.45) is 5.73 Å². The van der Waals surface area contributed by atoms with Crippen LogP contribution in [0.5, 0.6) is 0 Å². The van der Waals surface area contributed by atoms with E-state index in [0.717, 1.165) is 77.0 Å². The van der Waals surface area contributed by atoms with E-state index in [1.807, 2.05) is 6.08 Å². The molecule has 10 heteroatoms. The summed E-state index contributed by atoms with van der Waals surface area (Å²) < 4.78 is 32.8. The largest absolute Gasteiger partial charge is 0.472 e. The Balaban J connectivity index is 4.21. The van der Waals surface area contributed by atoms with Crippen LogP contribution in [-0.4, -0.2) is 49.3 Å². The van der Waals surface area contributed by atoms with Crippen molar-refractivity contribution in [3.63, 3.8) is 0 Å². The fourth-order valence-electron chi connectivity index (χ4n) is 6.42. The molecule has 3 N–H and O–H groups in total. The number of unbranched alkanes of at least 4 members (excludes halogenated alkanes) is 15. The Morgan fingerprint density at radius 3 is 1.31 bits per heavy atom. The van der Waals surface area contributed by atoms with E-state index in [4.69, 9.17) is 24.3 Å². The molecule has 2 atom stereocenters. The highest BCUT2D eigenvalue weighted by atomic mass is 31.2. The lowest BCUT2D eigenvalue weighted by Gasteiger charge is -2.19. The van der Waals surface area contributed by atoms with Crippen LogP contribution >= 0.6 is 7.82 Å². The van der Waals surface area contributed by atoms with Crippen LogP contribution in [0.15, 0.2) is 109 Å². The van der Waals surface area contributed by atoms with Gasteiger partial charge in [0, 0.05) is 19.4 Å². The number of carbonyl (C=O) groups excluding carboxylic acids is 2. The zero-order valence-electron chi connectivity index (χ0n) is 40.9. The van der Waals surface area contributed by atoms with Gasteiger partial charge in [-0.1, -0.05) is 194 Å².